The number of aromatic nitrogens is 2. The van der Waals surface area contributed by atoms with Crippen molar-refractivity contribution in [2.24, 2.45) is 0 Å². The van der Waals surface area contributed by atoms with Crippen molar-refractivity contribution in [3.8, 4) is 28.6 Å². The lowest BCUT2D eigenvalue weighted by molar-refractivity contribution is 0.563. The number of nitrogens with one attached hydrogen (secondary N) is 1. The zero-order valence-electron chi connectivity index (χ0n) is 17.0. The van der Waals surface area contributed by atoms with Crippen LogP contribution in [0.2, 0.25) is 0 Å². The van der Waals surface area contributed by atoms with Gasteiger partial charge in [0.1, 0.15) is 11.7 Å². The number of aromatic amines is 1. The molecule has 0 aliphatic heterocycles. The van der Waals surface area contributed by atoms with E-state index in [0.717, 1.165) is 33.8 Å². The van der Waals surface area contributed by atoms with Crippen LogP contribution in [0.15, 0.2) is 76.1 Å². The van der Waals surface area contributed by atoms with E-state index in [2.05, 4.69) is 18.0 Å². The van der Waals surface area contributed by atoms with E-state index < -0.39 is 5.63 Å². The summed E-state index contributed by atoms with van der Waals surface area (Å²) in [6.07, 6.45) is 3.46. The molecule has 0 saturated heterocycles. The lowest BCUT2D eigenvalue weighted by atomic mass is 9.96. The van der Waals surface area contributed by atoms with E-state index in [1.54, 1.807) is 6.07 Å². The van der Waals surface area contributed by atoms with Gasteiger partial charge in [-0.1, -0.05) is 49.7 Å². The molecular formula is C26H19N3O2. The van der Waals surface area contributed by atoms with Crippen LogP contribution >= 0.6 is 0 Å². The number of benzene rings is 2. The summed E-state index contributed by atoms with van der Waals surface area (Å²) in [5.41, 5.74) is 4.81. The summed E-state index contributed by atoms with van der Waals surface area (Å²) in [6.45, 7) is 2.07. The third kappa shape index (κ3) is 3.19. The lowest BCUT2D eigenvalue weighted by Crippen LogP contribution is -2.06. The molecule has 0 spiro atoms. The number of pyridine rings is 1. The maximum atomic E-state index is 12.8. The molecule has 31 heavy (non-hydrogen) atoms. The third-order valence-electron chi connectivity index (χ3n) is 5.49. The van der Waals surface area contributed by atoms with Crippen molar-refractivity contribution >= 4 is 21.9 Å². The van der Waals surface area contributed by atoms with Gasteiger partial charge in [-0.2, -0.15) is 5.26 Å². The number of rotatable bonds is 4. The predicted octanol–water partition coefficient (Wildman–Crippen LogP) is 5.83. The monoisotopic (exact) mass is 405 g/mol. The predicted molar refractivity (Wildman–Crippen MR) is 122 cm³/mol. The normalized spacial score (nSPS) is 11.1. The van der Waals surface area contributed by atoms with Gasteiger partial charge in [0.15, 0.2) is 0 Å². The highest BCUT2D eigenvalue weighted by Gasteiger charge is 2.19. The Balaban J connectivity index is 1.81. The minimum absolute atomic E-state index is 0.390. The molecule has 0 radical (unpaired) electrons. The van der Waals surface area contributed by atoms with E-state index in [4.69, 9.17) is 9.40 Å². The first kappa shape index (κ1) is 18.8. The SMILES string of the molecule is CCCc1cc(-c2cc3ccccc3oc2=O)nc(-c2c[nH]c3ccccc23)c1C#N. The van der Waals surface area contributed by atoms with Gasteiger partial charge in [0.25, 0.3) is 0 Å². The maximum Gasteiger partial charge on any atom is 0.345 e. The largest absolute Gasteiger partial charge is 0.422 e. The molecule has 5 nitrogen and oxygen atoms in total. The van der Waals surface area contributed by atoms with E-state index in [1.165, 1.54) is 0 Å². The maximum absolute atomic E-state index is 12.8. The molecule has 2 aromatic carbocycles. The van der Waals surface area contributed by atoms with Crippen LogP contribution in [0, 0.1) is 11.3 Å². The van der Waals surface area contributed by atoms with E-state index in [9.17, 15) is 10.1 Å². The Morgan fingerprint density at radius 3 is 2.71 bits per heavy atom. The average molecular weight is 405 g/mol. The molecular weight excluding hydrogens is 386 g/mol. The van der Waals surface area contributed by atoms with Crippen LogP contribution in [0.1, 0.15) is 24.5 Å². The number of nitrogens with zero attached hydrogens (tertiary/aromatic N) is 2. The van der Waals surface area contributed by atoms with Crippen LogP contribution in [-0.4, -0.2) is 9.97 Å². The summed E-state index contributed by atoms with van der Waals surface area (Å²) in [7, 11) is 0. The summed E-state index contributed by atoms with van der Waals surface area (Å²) in [5, 5.41) is 11.8. The van der Waals surface area contributed by atoms with Crippen LogP contribution in [0.25, 0.3) is 44.4 Å². The highest BCUT2D eigenvalue weighted by atomic mass is 16.4. The number of aryl methyl sites for hydroxylation is 1. The summed E-state index contributed by atoms with van der Waals surface area (Å²) in [4.78, 5) is 20.9. The highest BCUT2D eigenvalue weighted by Crippen LogP contribution is 2.33. The highest BCUT2D eigenvalue weighted by molar-refractivity contribution is 5.96. The van der Waals surface area contributed by atoms with E-state index in [-0.39, 0.29) is 0 Å². The minimum atomic E-state index is -0.441. The van der Waals surface area contributed by atoms with Gasteiger partial charge in [0, 0.05) is 28.0 Å². The van der Waals surface area contributed by atoms with Gasteiger partial charge >= 0.3 is 5.63 Å². The number of hydrogen-bond acceptors (Lipinski definition) is 4. The fourth-order valence-corrected chi connectivity index (χ4v) is 4.03. The number of fused-ring (bicyclic) bond motifs is 2. The first-order chi connectivity index (χ1) is 15.2. The zero-order chi connectivity index (χ0) is 21.4. The summed E-state index contributed by atoms with van der Waals surface area (Å²) < 4.78 is 5.54. The second-order valence-electron chi connectivity index (χ2n) is 7.49. The van der Waals surface area contributed by atoms with E-state index in [1.807, 2.05) is 60.8 Å². The van der Waals surface area contributed by atoms with Crippen molar-refractivity contribution < 1.29 is 4.42 Å². The molecule has 1 N–H and O–H groups in total. The molecule has 5 aromatic rings. The van der Waals surface area contributed by atoms with E-state index in [0.29, 0.717) is 34.5 Å². The van der Waals surface area contributed by atoms with E-state index >= 15 is 0 Å². The number of nitriles is 1. The molecule has 0 saturated carbocycles. The second kappa shape index (κ2) is 7.58. The molecule has 0 amide bonds. The molecule has 5 heteroatoms. The quantitative estimate of drug-likeness (QED) is 0.382. The lowest BCUT2D eigenvalue weighted by Gasteiger charge is -2.12. The second-order valence-corrected chi connectivity index (χ2v) is 7.49. The fraction of sp³-hybridized carbons (Fsp3) is 0.115. The average Bonchev–Trinajstić information content (AvgIpc) is 3.22. The molecule has 0 unspecified atom stereocenters. The van der Waals surface area contributed by atoms with Crippen LogP contribution in [0.5, 0.6) is 0 Å². The minimum Gasteiger partial charge on any atom is -0.422 e. The van der Waals surface area contributed by atoms with Gasteiger partial charge in [-0.25, -0.2) is 9.78 Å². The summed E-state index contributed by atoms with van der Waals surface area (Å²) >= 11 is 0. The van der Waals surface area contributed by atoms with Gasteiger partial charge < -0.3 is 9.40 Å². The summed E-state index contributed by atoms with van der Waals surface area (Å²) in [6, 6.07) is 21.3. The molecule has 3 aromatic heterocycles. The Morgan fingerprint density at radius 2 is 1.87 bits per heavy atom. The standard InChI is InChI=1S/C26H19N3O2/c1-2-7-16-13-23(19-12-17-8-3-6-11-24(17)31-26(19)30)29-25(20(16)14-27)21-15-28-22-10-5-4-9-18(21)22/h3-6,8-13,15,28H,2,7H2,1H3. The fourth-order valence-electron chi connectivity index (χ4n) is 4.03. The van der Waals surface area contributed by atoms with Crippen molar-refractivity contribution in [3.05, 3.63) is 88.4 Å². The van der Waals surface area contributed by atoms with Gasteiger partial charge in [0.05, 0.1) is 22.5 Å². The van der Waals surface area contributed by atoms with Crippen LogP contribution in [-0.2, 0) is 6.42 Å². The summed E-state index contributed by atoms with van der Waals surface area (Å²) in [5.74, 6) is 0. The van der Waals surface area contributed by atoms with Crippen LogP contribution < -0.4 is 5.63 Å². The third-order valence-corrected chi connectivity index (χ3v) is 5.49. The Morgan fingerprint density at radius 1 is 1.06 bits per heavy atom. The van der Waals surface area contributed by atoms with Crippen molar-refractivity contribution in [1.29, 1.82) is 5.26 Å². The molecule has 0 atom stereocenters. The Labute approximate surface area is 178 Å². The Hall–Kier alpha value is -4.17. The Kier molecular flexibility index (Phi) is 4.61. The molecule has 0 fully saturated rings. The van der Waals surface area contributed by atoms with Gasteiger partial charge in [-0.05, 0) is 36.2 Å². The first-order valence-corrected chi connectivity index (χ1v) is 10.2. The molecule has 0 bridgehead atoms. The van der Waals surface area contributed by atoms with Crippen molar-refractivity contribution in [1.82, 2.24) is 9.97 Å². The molecule has 3 heterocycles. The van der Waals surface area contributed by atoms with Crippen LogP contribution in [0.3, 0.4) is 0 Å². The number of H-pyrrole nitrogens is 1. The zero-order valence-corrected chi connectivity index (χ0v) is 17.0. The topological polar surface area (TPSA) is 82.7 Å². The van der Waals surface area contributed by atoms with Crippen molar-refractivity contribution in [2.75, 3.05) is 0 Å². The van der Waals surface area contributed by atoms with Gasteiger partial charge in [-0.15, -0.1) is 0 Å². The number of hydrogen-bond donors (Lipinski definition) is 1. The van der Waals surface area contributed by atoms with Crippen LogP contribution in [0.4, 0.5) is 0 Å². The van der Waals surface area contributed by atoms with Crippen molar-refractivity contribution in [2.45, 2.75) is 19.8 Å². The molecule has 5 rings (SSSR count). The van der Waals surface area contributed by atoms with Gasteiger partial charge in [-0.3, -0.25) is 0 Å². The number of para-hydroxylation sites is 2. The molecule has 0 aliphatic carbocycles. The molecule has 150 valence electrons. The van der Waals surface area contributed by atoms with Crippen molar-refractivity contribution in [3.63, 3.8) is 0 Å². The Bertz CT molecular complexity index is 1540. The first-order valence-electron chi connectivity index (χ1n) is 10.2. The van der Waals surface area contributed by atoms with Gasteiger partial charge in [0.2, 0.25) is 0 Å². The smallest absolute Gasteiger partial charge is 0.345 e. The molecule has 0 aliphatic rings.